The van der Waals surface area contributed by atoms with Crippen molar-refractivity contribution in [2.45, 2.75) is 12.5 Å². The van der Waals surface area contributed by atoms with Gasteiger partial charge < -0.3 is 9.47 Å². The summed E-state index contributed by atoms with van der Waals surface area (Å²) in [6, 6.07) is 65.2. The average molecular weight is 719 g/mol. The molecular weight excluding hydrogens is 685 g/mol. The number of allylic oxidation sites excluding steroid dienone is 2. The van der Waals surface area contributed by atoms with Crippen LogP contribution in [-0.2, 0) is 0 Å². The fraction of sp³-hybridized carbons (Fsp3) is 0.0385. The molecule has 1 aliphatic carbocycles. The molecule has 3 heterocycles. The zero-order chi connectivity index (χ0) is 36.0. The van der Waals surface area contributed by atoms with E-state index >= 15 is 0 Å². The second-order valence-corrected chi connectivity index (χ2v) is 15.9. The van der Waals surface area contributed by atoms with Crippen LogP contribution in [0.25, 0.3) is 80.7 Å². The number of aromatic nitrogens is 1. The van der Waals surface area contributed by atoms with E-state index in [1.54, 1.807) is 0 Å². The molecule has 2 nitrogen and oxygen atoms in total. The third-order valence-electron chi connectivity index (χ3n) is 11.9. The Morgan fingerprint density at radius 1 is 0.473 bits per heavy atom. The van der Waals surface area contributed by atoms with Gasteiger partial charge in [-0.25, -0.2) is 0 Å². The van der Waals surface area contributed by atoms with E-state index in [0.717, 1.165) is 6.42 Å². The number of hydrogen-bond acceptors (Lipinski definition) is 2. The number of thiophene rings is 1. The smallest absolute Gasteiger partial charge is 0.0633 e. The Hall–Kier alpha value is -6.68. The number of para-hydroxylation sites is 2. The molecule has 8 aromatic carbocycles. The van der Waals surface area contributed by atoms with E-state index in [9.17, 15) is 0 Å². The molecule has 10 aromatic rings. The summed E-state index contributed by atoms with van der Waals surface area (Å²) < 4.78 is 5.07. The van der Waals surface area contributed by atoms with Crippen LogP contribution in [0.1, 0.15) is 17.5 Å². The minimum atomic E-state index is 0.201. The van der Waals surface area contributed by atoms with E-state index in [4.69, 9.17) is 0 Å². The number of rotatable bonds is 4. The molecule has 1 atom stereocenters. The van der Waals surface area contributed by atoms with Gasteiger partial charge in [-0.15, -0.1) is 11.3 Å². The fourth-order valence-electron chi connectivity index (χ4n) is 9.35. The molecule has 0 spiro atoms. The van der Waals surface area contributed by atoms with E-state index in [2.05, 4.69) is 198 Å². The van der Waals surface area contributed by atoms with Gasteiger partial charge in [-0.3, -0.25) is 0 Å². The molecule has 0 bridgehead atoms. The second-order valence-electron chi connectivity index (χ2n) is 14.8. The minimum absolute atomic E-state index is 0.201. The molecule has 0 saturated heterocycles. The predicted octanol–water partition coefficient (Wildman–Crippen LogP) is 14.4. The molecule has 12 rings (SSSR count). The molecule has 0 saturated carbocycles. The van der Waals surface area contributed by atoms with E-state index < -0.39 is 0 Å². The number of fused-ring (bicyclic) bond motifs is 10. The highest BCUT2D eigenvalue weighted by Gasteiger charge is 2.37. The lowest BCUT2D eigenvalue weighted by Crippen LogP contribution is -2.27. The standard InChI is InChI=1S/C52H34N2S/c1-2-13-38(14-3-1)53-47-18-8-6-16-40(47)42-29-34(21-25-48(42)53)35-22-26-49-43(30-35)44-31-36(37-24-28-52-45(32-37)41-17-7-9-20-51(41)55-52)23-27-50(44)54(49)46-19-10-12-33-11-4-5-15-39(33)46/h1-25,27-32,49H,26H2. The highest BCUT2D eigenvalue weighted by Crippen LogP contribution is 2.52. The Bertz CT molecular complexity index is 3240. The normalized spacial score (nSPS) is 15.2. The first-order valence-electron chi connectivity index (χ1n) is 19.1. The van der Waals surface area contributed by atoms with Gasteiger partial charge in [-0.1, -0.05) is 115 Å². The molecule has 2 aromatic heterocycles. The minimum Gasteiger partial charge on any atom is -0.332 e. The lowest BCUT2D eigenvalue weighted by Gasteiger charge is -2.30. The van der Waals surface area contributed by atoms with Crippen molar-refractivity contribution in [1.29, 1.82) is 0 Å². The Morgan fingerprint density at radius 3 is 2.09 bits per heavy atom. The summed E-state index contributed by atoms with van der Waals surface area (Å²) in [6.07, 6.45) is 5.87. The van der Waals surface area contributed by atoms with Gasteiger partial charge >= 0.3 is 0 Å². The lowest BCUT2D eigenvalue weighted by atomic mass is 9.88. The fourth-order valence-corrected chi connectivity index (χ4v) is 10.4. The Kier molecular flexibility index (Phi) is 6.66. The first kappa shape index (κ1) is 30.7. The van der Waals surface area contributed by atoms with Crippen molar-refractivity contribution >= 4 is 86.6 Å². The summed E-state index contributed by atoms with van der Waals surface area (Å²) in [6.45, 7) is 0. The SMILES string of the molecule is C1=C(c2ccc3c(c2)c2ccccc2n3-c2ccccc2)C=C2c3cc(-c4ccc5sc6ccccc6c5c4)ccc3N(c3cccc4ccccc34)C2C1. The van der Waals surface area contributed by atoms with E-state index in [-0.39, 0.29) is 6.04 Å². The third kappa shape index (κ3) is 4.67. The van der Waals surface area contributed by atoms with E-state index in [1.807, 2.05) is 11.3 Å². The molecule has 1 unspecified atom stereocenters. The van der Waals surface area contributed by atoms with Crippen LogP contribution in [0.15, 0.2) is 188 Å². The van der Waals surface area contributed by atoms with Crippen molar-refractivity contribution in [3.05, 3.63) is 199 Å². The van der Waals surface area contributed by atoms with Crippen LogP contribution in [0.5, 0.6) is 0 Å². The van der Waals surface area contributed by atoms with Gasteiger partial charge in [-0.05, 0) is 112 Å². The number of hydrogen-bond donors (Lipinski definition) is 0. The van der Waals surface area contributed by atoms with E-state index in [0.29, 0.717) is 0 Å². The van der Waals surface area contributed by atoms with Gasteiger partial charge in [0.1, 0.15) is 0 Å². The summed E-state index contributed by atoms with van der Waals surface area (Å²) in [4.78, 5) is 2.60. The Labute approximate surface area is 323 Å². The second kappa shape index (κ2) is 11.9. The van der Waals surface area contributed by atoms with Crippen LogP contribution in [0, 0.1) is 0 Å². The largest absolute Gasteiger partial charge is 0.332 e. The van der Waals surface area contributed by atoms with E-state index in [1.165, 1.54) is 103 Å². The molecule has 0 fully saturated rings. The predicted molar refractivity (Wildman–Crippen MR) is 236 cm³/mol. The maximum absolute atomic E-state index is 2.60. The number of nitrogens with zero attached hydrogens (tertiary/aromatic N) is 2. The summed E-state index contributed by atoms with van der Waals surface area (Å²) in [5.74, 6) is 0. The highest BCUT2D eigenvalue weighted by molar-refractivity contribution is 7.25. The molecule has 55 heavy (non-hydrogen) atoms. The van der Waals surface area contributed by atoms with Gasteiger partial charge in [-0.2, -0.15) is 0 Å². The Balaban J connectivity index is 1.02. The summed E-state index contributed by atoms with van der Waals surface area (Å²) >= 11 is 1.88. The highest BCUT2D eigenvalue weighted by atomic mass is 32.1. The van der Waals surface area contributed by atoms with Crippen molar-refractivity contribution in [2.75, 3.05) is 4.90 Å². The zero-order valence-corrected chi connectivity index (χ0v) is 30.8. The van der Waals surface area contributed by atoms with Gasteiger partial charge in [0.15, 0.2) is 0 Å². The Morgan fingerprint density at radius 2 is 1.16 bits per heavy atom. The molecule has 0 radical (unpaired) electrons. The molecule has 258 valence electrons. The van der Waals surface area contributed by atoms with Crippen LogP contribution in [0.4, 0.5) is 11.4 Å². The first-order chi connectivity index (χ1) is 27.3. The first-order valence-corrected chi connectivity index (χ1v) is 19.9. The van der Waals surface area contributed by atoms with Crippen LogP contribution in [0.3, 0.4) is 0 Å². The van der Waals surface area contributed by atoms with Crippen molar-refractivity contribution in [3.63, 3.8) is 0 Å². The van der Waals surface area contributed by atoms with Crippen LogP contribution >= 0.6 is 11.3 Å². The average Bonchev–Trinajstić information content (AvgIpc) is 3.90. The maximum Gasteiger partial charge on any atom is 0.0633 e. The summed E-state index contributed by atoms with van der Waals surface area (Å²) in [5.41, 5.74) is 13.9. The molecule has 0 amide bonds. The monoisotopic (exact) mass is 718 g/mol. The number of benzene rings is 8. The van der Waals surface area contributed by atoms with Gasteiger partial charge in [0.25, 0.3) is 0 Å². The maximum atomic E-state index is 2.60. The van der Waals surface area contributed by atoms with Crippen molar-refractivity contribution < 1.29 is 0 Å². The molecular formula is C52H34N2S. The quantitative estimate of drug-likeness (QED) is 0.176. The van der Waals surface area contributed by atoms with Crippen molar-refractivity contribution in [2.24, 2.45) is 0 Å². The van der Waals surface area contributed by atoms with Gasteiger partial charge in [0.2, 0.25) is 0 Å². The summed E-state index contributed by atoms with van der Waals surface area (Å²) in [5, 5.41) is 7.77. The lowest BCUT2D eigenvalue weighted by molar-refractivity contribution is 0.834. The molecule has 2 aliphatic rings. The van der Waals surface area contributed by atoms with Gasteiger partial charge in [0.05, 0.1) is 17.1 Å². The molecule has 0 N–H and O–H groups in total. The summed E-state index contributed by atoms with van der Waals surface area (Å²) in [7, 11) is 0. The van der Waals surface area contributed by atoms with Crippen LogP contribution in [0.2, 0.25) is 0 Å². The molecule has 3 heteroatoms. The van der Waals surface area contributed by atoms with Gasteiger partial charge in [0, 0.05) is 59.0 Å². The molecule has 1 aliphatic heterocycles. The third-order valence-corrected chi connectivity index (χ3v) is 13.0. The van der Waals surface area contributed by atoms with Crippen LogP contribution < -0.4 is 4.90 Å². The topological polar surface area (TPSA) is 8.17 Å². The van der Waals surface area contributed by atoms with Crippen molar-refractivity contribution in [1.82, 2.24) is 4.57 Å². The van der Waals surface area contributed by atoms with Crippen LogP contribution in [-0.4, -0.2) is 10.6 Å². The number of anilines is 2. The van der Waals surface area contributed by atoms with Crippen molar-refractivity contribution in [3.8, 4) is 16.8 Å². The zero-order valence-electron chi connectivity index (χ0n) is 30.0.